The lowest BCUT2D eigenvalue weighted by Gasteiger charge is -2.15. The Balaban J connectivity index is 2.46. The molecule has 0 saturated heterocycles. The molecule has 1 aromatic rings. The van der Waals surface area contributed by atoms with Crippen molar-refractivity contribution >= 4 is 5.91 Å². The molecule has 4 heteroatoms. The number of hydrogen-bond acceptors (Lipinski definition) is 3. The molecule has 1 amide bonds. The van der Waals surface area contributed by atoms with Crippen molar-refractivity contribution in [2.45, 2.75) is 26.3 Å². The Labute approximate surface area is 109 Å². The molecule has 0 fully saturated rings. The summed E-state index contributed by atoms with van der Waals surface area (Å²) in [6.07, 6.45) is 0.845. The number of nitrogens with two attached hydrogens (primary N) is 1. The fourth-order valence-corrected chi connectivity index (χ4v) is 1.53. The van der Waals surface area contributed by atoms with E-state index in [1.54, 1.807) is 11.9 Å². The van der Waals surface area contributed by atoms with Gasteiger partial charge in [-0.25, -0.2) is 0 Å². The van der Waals surface area contributed by atoms with Crippen LogP contribution < -0.4 is 10.5 Å². The van der Waals surface area contributed by atoms with Crippen molar-refractivity contribution < 1.29 is 9.53 Å². The number of benzene rings is 1. The first-order chi connectivity index (χ1) is 8.52. The molecule has 1 rings (SSSR count). The predicted octanol–water partition coefficient (Wildman–Crippen LogP) is 1.43. The van der Waals surface area contributed by atoms with Crippen LogP contribution in [0.2, 0.25) is 0 Å². The Kier molecular flexibility index (Phi) is 5.65. The normalized spacial score (nSPS) is 12.0. The van der Waals surface area contributed by atoms with Gasteiger partial charge in [0.1, 0.15) is 5.75 Å². The number of likely N-dealkylation sites (N-methyl/N-ethyl adjacent to an activating group) is 1. The van der Waals surface area contributed by atoms with Crippen LogP contribution in [0.3, 0.4) is 0 Å². The largest absolute Gasteiger partial charge is 0.484 e. The molecule has 2 N–H and O–H groups in total. The van der Waals surface area contributed by atoms with Gasteiger partial charge in [-0.1, -0.05) is 12.1 Å². The van der Waals surface area contributed by atoms with Gasteiger partial charge >= 0.3 is 0 Å². The van der Waals surface area contributed by atoms with Crippen LogP contribution in [0.5, 0.6) is 5.75 Å². The summed E-state index contributed by atoms with van der Waals surface area (Å²) in [5.41, 5.74) is 6.90. The average Bonchev–Trinajstić information content (AvgIpc) is 2.36. The highest BCUT2D eigenvalue weighted by atomic mass is 16.5. The number of carbonyl (C=O) groups excluding carboxylic acids is 1. The summed E-state index contributed by atoms with van der Waals surface area (Å²) in [5, 5.41) is 0. The first-order valence-electron chi connectivity index (χ1n) is 6.24. The summed E-state index contributed by atoms with van der Waals surface area (Å²) in [6, 6.07) is 7.85. The van der Waals surface area contributed by atoms with Gasteiger partial charge in [0.2, 0.25) is 0 Å². The SMILES string of the molecule is CCN(C)C(=O)COc1ccc(CC(C)N)cc1. The van der Waals surface area contributed by atoms with Crippen LogP contribution in [-0.4, -0.2) is 37.0 Å². The van der Waals surface area contributed by atoms with Crippen molar-refractivity contribution in [3.8, 4) is 5.75 Å². The second-order valence-electron chi connectivity index (χ2n) is 4.52. The smallest absolute Gasteiger partial charge is 0.260 e. The van der Waals surface area contributed by atoms with E-state index in [1.807, 2.05) is 38.1 Å². The highest BCUT2D eigenvalue weighted by Gasteiger charge is 2.07. The molecule has 0 bridgehead atoms. The highest BCUT2D eigenvalue weighted by molar-refractivity contribution is 5.77. The fraction of sp³-hybridized carbons (Fsp3) is 0.500. The number of ether oxygens (including phenoxy) is 1. The minimum atomic E-state index is -0.0165. The fourth-order valence-electron chi connectivity index (χ4n) is 1.53. The van der Waals surface area contributed by atoms with E-state index >= 15 is 0 Å². The van der Waals surface area contributed by atoms with Crippen molar-refractivity contribution in [2.24, 2.45) is 5.73 Å². The van der Waals surface area contributed by atoms with Gasteiger partial charge in [-0.2, -0.15) is 0 Å². The summed E-state index contributed by atoms with van der Waals surface area (Å²) < 4.78 is 5.43. The monoisotopic (exact) mass is 250 g/mol. The van der Waals surface area contributed by atoms with E-state index in [0.29, 0.717) is 12.3 Å². The van der Waals surface area contributed by atoms with Crippen molar-refractivity contribution in [1.82, 2.24) is 4.90 Å². The van der Waals surface area contributed by atoms with E-state index in [9.17, 15) is 4.79 Å². The third-order valence-electron chi connectivity index (χ3n) is 2.74. The van der Waals surface area contributed by atoms with Gasteiger partial charge in [0, 0.05) is 19.6 Å². The maximum atomic E-state index is 11.5. The van der Waals surface area contributed by atoms with E-state index in [0.717, 1.165) is 6.42 Å². The average molecular weight is 250 g/mol. The van der Waals surface area contributed by atoms with Crippen LogP contribution in [0.15, 0.2) is 24.3 Å². The zero-order valence-corrected chi connectivity index (χ0v) is 11.3. The summed E-state index contributed by atoms with van der Waals surface area (Å²) in [4.78, 5) is 13.2. The molecule has 0 aliphatic heterocycles. The first-order valence-corrected chi connectivity index (χ1v) is 6.24. The summed E-state index contributed by atoms with van der Waals surface area (Å²) in [7, 11) is 1.76. The van der Waals surface area contributed by atoms with E-state index in [2.05, 4.69) is 0 Å². The molecule has 18 heavy (non-hydrogen) atoms. The zero-order chi connectivity index (χ0) is 13.5. The Hall–Kier alpha value is -1.55. The number of nitrogens with zero attached hydrogens (tertiary/aromatic N) is 1. The van der Waals surface area contributed by atoms with Crippen LogP contribution in [0.25, 0.3) is 0 Å². The molecule has 0 aliphatic carbocycles. The maximum Gasteiger partial charge on any atom is 0.260 e. The van der Waals surface area contributed by atoms with Gasteiger partial charge in [0.05, 0.1) is 0 Å². The maximum absolute atomic E-state index is 11.5. The molecule has 1 aromatic carbocycles. The highest BCUT2D eigenvalue weighted by Crippen LogP contribution is 2.13. The van der Waals surface area contributed by atoms with Crippen molar-refractivity contribution in [2.75, 3.05) is 20.2 Å². The van der Waals surface area contributed by atoms with Crippen LogP contribution in [0, 0.1) is 0 Å². The van der Waals surface area contributed by atoms with Gasteiger partial charge in [0.15, 0.2) is 6.61 Å². The van der Waals surface area contributed by atoms with E-state index in [1.165, 1.54) is 5.56 Å². The molecule has 100 valence electrons. The third kappa shape index (κ3) is 4.75. The van der Waals surface area contributed by atoms with Crippen molar-refractivity contribution in [3.63, 3.8) is 0 Å². The van der Waals surface area contributed by atoms with E-state index in [-0.39, 0.29) is 18.6 Å². The Morgan fingerprint density at radius 2 is 2.00 bits per heavy atom. The van der Waals surface area contributed by atoms with Gasteiger partial charge in [-0.3, -0.25) is 4.79 Å². The van der Waals surface area contributed by atoms with Crippen molar-refractivity contribution in [3.05, 3.63) is 29.8 Å². The van der Waals surface area contributed by atoms with Crippen LogP contribution in [0.1, 0.15) is 19.4 Å². The molecule has 0 heterocycles. The summed E-state index contributed by atoms with van der Waals surface area (Å²) >= 11 is 0. The first kappa shape index (κ1) is 14.5. The molecule has 0 spiro atoms. The third-order valence-corrected chi connectivity index (χ3v) is 2.74. The van der Waals surface area contributed by atoms with Crippen molar-refractivity contribution in [1.29, 1.82) is 0 Å². The minimum absolute atomic E-state index is 0.0165. The van der Waals surface area contributed by atoms with Gasteiger partial charge in [-0.15, -0.1) is 0 Å². The Morgan fingerprint density at radius 3 is 2.50 bits per heavy atom. The zero-order valence-electron chi connectivity index (χ0n) is 11.3. The topological polar surface area (TPSA) is 55.6 Å². The quantitative estimate of drug-likeness (QED) is 0.831. The number of hydrogen-bond donors (Lipinski definition) is 1. The lowest BCUT2D eigenvalue weighted by atomic mass is 10.1. The molecular weight excluding hydrogens is 228 g/mol. The van der Waals surface area contributed by atoms with Gasteiger partial charge in [-0.05, 0) is 38.0 Å². The molecule has 0 aromatic heterocycles. The van der Waals surface area contributed by atoms with Crippen LogP contribution in [0.4, 0.5) is 0 Å². The number of rotatable bonds is 6. The molecule has 0 radical (unpaired) electrons. The minimum Gasteiger partial charge on any atom is -0.484 e. The summed E-state index contributed by atoms with van der Waals surface area (Å²) in [6.45, 7) is 4.68. The molecule has 4 nitrogen and oxygen atoms in total. The molecule has 1 unspecified atom stereocenters. The lowest BCUT2D eigenvalue weighted by molar-refractivity contribution is -0.131. The van der Waals surface area contributed by atoms with Gasteiger partial charge in [0.25, 0.3) is 5.91 Å². The molecule has 1 atom stereocenters. The van der Waals surface area contributed by atoms with Crippen LogP contribution in [-0.2, 0) is 11.2 Å². The van der Waals surface area contributed by atoms with Gasteiger partial charge < -0.3 is 15.4 Å². The van der Waals surface area contributed by atoms with Crippen LogP contribution >= 0.6 is 0 Å². The lowest BCUT2D eigenvalue weighted by Crippen LogP contribution is -2.31. The Bertz CT molecular complexity index is 374. The summed E-state index contributed by atoms with van der Waals surface area (Å²) in [5.74, 6) is 0.693. The molecular formula is C14H22N2O2. The number of amides is 1. The second kappa shape index (κ2) is 7.01. The van der Waals surface area contributed by atoms with E-state index in [4.69, 9.17) is 10.5 Å². The van der Waals surface area contributed by atoms with E-state index < -0.39 is 0 Å². The molecule has 0 aliphatic rings. The number of carbonyl (C=O) groups is 1. The standard InChI is InChI=1S/C14H22N2O2/c1-4-16(3)14(17)10-18-13-7-5-12(6-8-13)9-11(2)15/h5-8,11H,4,9-10,15H2,1-3H3. The Morgan fingerprint density at radius 1 is 1.39 bits per heavy atom. The molecule has 0 saturated carbocycles. The second-order valence-corrected chi connectivity index (χ2v) is 4.52. The predicted molar refractivity (Wildman–Crippen MR) is 72.6 cm³/mol.